The molecule has 146 valence electrons. The fraction of sp³-hybridized carbons (Fsp3) is 0.350. The van der Waals surface area contributed by atoms with Gasteiger partial charge in [0, 0.05) is 22.7 Å². The SMILES string of the molecule is COc1ccc(C(=O)OCc2cc(=O)n3c4c(sc3n2)CCCC4)c(OC)c1. The maximum atomic E-state index is 12.6. The fourth-order valence-corrected chi connectivity index (χ4v) is 4.63. The standard InChI is InChI=1S/C20H20N2O5S/c1-25-13-7-8-14(16(10-13)26-2)19(24)27-11-12-9-18(23)22-15-5-3-4-6-17(15)28-20(22)21-12/h7-10H,3-6,11H2,1-2H3. The third-order valence-electron chi connectivity index (χ3n) is 4.79. The number of hydrogen-bond donors (Lipinski definition) is 0. The predicted octanol–water partition coefficient (Wildman–Crippen LogP) is 3.01. The third kappa shape index (κ3) is 3.35. The van der Waals surface area contributed by atoms with Gasteiger partial charge < -0.3 is 14.2 Å². The Kier molecular flexibility index (Phi) is 5.04. The molecule has 8 heteroatoms. The number of thiazole rings is 1. The number of fused-ring (bicyclic) bond motifs is 3. The van der Waals surface area contributed by atoms with E-state index in [1.165, 1.54) is 25.2 Å². The van der Waals surface area contributed by atoms with Crippen molar-refractivity contribution in [3.8, 4) is 11.5 Å². The lowest BCUT2D eigenvalue weighted by atomic mass is 10.0. The highest BCUT2D eigenvalue weighted by atomic mass is 32.1. The van der Waals surface area contributed by atoms with Crippen molar-refractivity contribution >= 4 is 22.3 Å². The van der Waals surface area contributed by atoms with Crippen molar-refractivity contribution in [2.45, 2.75) is 32.3 Å². The van der Waals surface area contributed by atoms with Crippen LogP contribution in [0.1, 0.15) is 39.5 Å². The molecule has 0 bridgehead atoms. The van der Waals surface area contributed by atoms with Crippen molar-refractivity contribution in [2.24, 2.45) is 0 Å². The summed E-state index contributed by atoms with van der Waals surface area (Å²) < 4.78 is 17.4. The van der Waals surface area contributed by atoms with E-state index in [0.717, 1.165) is 31.4 Å². The molecular formula is C20H20N2O5S. The Morgan fingerprint density at radius 3 is 2.79 bits per heavy atom. The smallest absolute Gasteiger partial charge is 0.342 e. The molecule has 4 rings (SSSR count). The highest BCUT2D eigenvalue weighted by Gasteiger charge is 2.19. The van der Waals surface area contributed by atoms with E-state index >= 15 is 0 Å². The largest absolute Gasteiger partial charge is 0.497 e. The van der Waals surface area contributed by atoms with E-state index in [1.807, 2.05) is 0 Å². The van der Waals surface area contributed by atoms with Crippen molar-refractivity contribution in [1.82, 2.24) is 9.38 Å². The average molecular weight is 400 g/mol. The van der Waals surface area contributed by atoms with Gasteiger partial charge in [0.25, 0.3) is 5.56 Å². The van der Waals surface area contributed by atoms with Crippen molar-refractivity contribution in [2.75, 3.05) is 14.2 Å². The minimum absolute atomic E-state index is 0.0810. The quantitative estimate of drug-likeness (QED) is 0.613. The predicted molar refractivity (Wildman–Crippen MR) is 105 cm³/mol. The van der Waals surface area contributed by atoms with Crippen LogP contribution in [0.3, 0.4) is 0 Å². The molecule has 0 spiro atoms. The number of carbonyl (C=O) groups is 1. The lowest BCUT2D eigenvalue weighted by molar-refractivity contribution is 0.0464. The highest BCUT2D eigenvalue weighted by molar-refractivity contribution is 7.17. The molecule has 1 aliphatic rings. The van der Waals surface area contributed by atoms with Crippen LogP contribution in [0.5, 0.6) is 11.5 Å². The Bertz CT molecular complexity index is 1100. The number of esters is 1. The monoisotopic (exact) mass is 400 g/mol. The summed E-state index contributed by atoms with van der Waals surface area (Å²) in [6.07, 6.45) is 4.13. The van der Waals surface area contributed by atoms with E-state index in [0.29, 0.717) is 22.2 Å². The number of carbonyl (C=O) groups excluding carboxylic acids is 1. The van der Waals surface area contributed by atoms with Crippen LogP contribution in [0.25, 0.3) is 4.96 Å². The lowest BCUT2D eigenvalue weighted by Gasteiger charge is -2.11. The van der Waals surface area contributed by atoms with Gasteiger partial charge in [-0.3, -0.25) is 9.20 Å². The summed E-state index contributed by atoms with van der Waals surface area (Å²) in [6.45, 7) is -0.0810. The van der Waals surface area contributed by atoms with E-state index in [1.54, 1.807) is 33.9 Å². The number of hydrogen-bond acceptors (Lipinski definition) is 7. The van der Waals surface area contributed by atoms with Crippen LogP contribution < -0.4 is 15.0 Å². The maximum absolute atomic E-state index is 12.6. The topological polar surface area (TPSA) is 79.1 Å². The van der Waals surface area contributed by atoms with E-state index in [4.69, 9.17) is 14.2 Å². The number of methoxy groups -OCH3 is 2. The second kappa shape index (κ2) is 7.63. The number of nitrogens with zero attached hydrogens (tertiary/aromatic N) is 2. The van der Waals surface area contributed by atoms with Crippen LogP contribution in [0.15, 0.2) is 29.1 Å². The molecule has 7 nitrogen and oxygen atoms in total. The normalized spacial score (nSPS) is 13.2. The second-order valence-corrected chi connectivity index (χ2v) is 7.59. The molecule has 2 heterocycles. The van der Waals surface area contributed by atoms with Gasteiger partial charge in [0.2, 0.25) is 0 Å². The van der Waals surface area contributed by atoms with E-state index < -0.39 is 5.97 Å². The van der Waals surface area contributed by atoms with Gasteiger partial charge in [0.05, 0.1) is 19.9 Å². The van der Waals surface area contributed by atoms with Gasteiger partial charge in [-0.05, 0) is 37.8 Å². The van der Waals surface area contributed by atoms with Crippen LogP contribution >= 0.6 is 11.3 Å². The molecular weight excluding hydrogens is 380 g/mol. The first-order chi connectivity index (χ1) is 13.6. The fourth-order valence-electron chi connectivity index (χ4n) is 3.40. The molecule has 0 aliphatic heterocycles. The Hall–Kier alpha value is -2.87. The summed E-state index contributed by atoms with van der Waals surface area (Å²) in [5.74, 6) is 0.390. The van der Waals surface area contributed by atoms with Gasteiger partial charge in [0.15, 0.2) is 4.96 Å². The molecule has 0 atom stereocenters. The van der Waals surface area contributed by atoms with Crippen LogP contribution in [0.2, 0.25) is 0 Å². The van der Waals surface area contributed by atoms with E-state index in [9.17, 15) is 9.59 Å². The van der Waals surface area contributed by atoms with E-state index in [-0.39, 0.29) is 17.7 Å². The molecule has 0 amide bonds. The third-order valence-corrected chi connectivity index (χ3v) is 5.94. The molecule has 0 saturated carbocycles. The number of benzene rings is 1. The first kappa shape index (κ1) is 18.5. The molecule has 0 fully saturated rings. The van der Waals surface area contributed by atoms with Gasteiger partial charge in [-0.25, -0.2) is 9.78 Å². The van der Waals surface area contributed by atoms with Crippen molar-refractivity contribution in [3.63, 3.8) is 0 Å². The van der Waals surface area contributed by atoms with Crippen molar-refractivity contribution < 1.29 is 19.0 Å². The van der Waals surface area contributed by atoms with Gasteiger partial charge in [-0.2, -0.15) is 0 Å². The molecule has 0 unspecified atom stereocenters. The molecule has 0 radical (unpaired) electrons. The van der Waals surface area contributed by atoms with Gasteiger partial charge in [-0.15, -0.1) is 11.3 Å². The molecule has 1 aromatic carbocycles. The zero-order valence-corrected chi connectivity index (χ0v) is 16.5. The minimum atomic E-state index is -0.549. The number of rotatable bonds is 5. The Balaban J connectivity index is 1.56. The van der Waals surface area contributed by atoms with Gasteiger partial charge >= 0.3 is 5.97 Å². The summed E-state index contributed by atoms with van der Waals surface area (Å²) in [5, 5.41) is 0. The number of aromatic nitrogens is 2. The number of aryl methyl sites for hydroxylation is 2. The first-order valence-corrected chi connectivity index (χ1v) is 9.84. The lowest BCUT2D eigenvalue weighted by Crippen LogP contribution is -2.18. The molecule has 28 heavy (non-hydrogen) atoms. The van der Waals surface area contributed by atoms with Crippen molar-refractivity contribution in [1.29, 1.82) is 0 Å². The Labute approximate surface area is 165 Å². The molecule has 2 aromatic heterocycles. The Morgan fingerprint density at radius 1 is 1.18 bits per heavy atom. The average Bonchev–Trinajstić information content (AvgIpc) is 3.10. The van der Waals surface area contributed by atoms with Gasteiger partial charge in [-0.1, -0.05) is 0 Å². The van der Waals surface area contributed by atoms with Crippen LogP contribution in [-0.4, -0.2) is 29.6 Å². The zero-order chi connectivity index (χ0) is 19.7. The summed E-state index contributed by atoms with van der Waals surface area (Å²) in [6, 6.07) is 6.29. The zero-order valence-electron chi connectivity index (χ0n) is 15.7. The first-order valence-electron chi connectivity index (χ1n) is 9.03. The second-order valence-electron chi connectivity index (χ2n) is 6.53. The van der Waals surface area contributed by atoms with Crippen molar-refractivity contribution in [3.05, 3.63) is 56.4 Å². The maximum Gasteiger partial charge on any atom is 0.342 e. The van der Waals surface area contributed by atoms with E-state index in [2.05, 4.69) is 4.98 Å². The summed E-state index contributed by atoms with van der Waals surface area (Å²) >= 11 is 1.55. The molecule has 1 aliphatic carbocycles. The van der Waals surface area contributed by atoms with Crippen LogP contribution in [0, 0.1) is 0 Å². The molecule has 0 saturated heterocycles. The van der Waals surface area contributed by atoms with Gasteiger partial charge in [0.1, 0.15) is 23.7 Å². The summed E-state index contributed by atoms with van der Waals surface area (Å²) in [7, 11) is 3.01. The molecule has 3 aromatic rings. The van der Waals surface area contributed by atoms with Crippen LogP contribution in [0.4, 0.5) is 0 Å². The highest BCUT2D eigenvalue weighted by Crippen LogP contribution is 2.28. The molecule has 0 N–H and O–H groups in total. The summed E-state index contributed by atoms with van der Waals surface area (Å²) in [5.41, 5.74) is 1.67. The van der Waals surface area contributed by atoms with Crippen LogP contribution in [-0.2, 0) is 24.2 Å². The summed E-state index contributed by atoms with van der Waals surface area (Å²) in [4.78, 5) is 31.4. The minimum Gasteiger partial charge on any atom is -0.497 e. The Morgan fingerprint density at radius 2 is 2.00 bits per heavy atom. The number of ether oxygens (including phenoxy) is 3.